The quantitative estimate of drug-likeness (QED) is 0.855. The van der Waals surface area contributed by atoms with Crippen LogP contribution in [0.15, 0.2) is 6.20 Å². The van der Waals surface area contributed by atoms with Crippen LogP contribution in [0.1, 0.15) is 30.1 Å². The molecular weight excluding hydrogens is 240 g/mol. The van der Waals surface area contributed by atoms with Crippen LogP contribution in [0.2, 0.25) is 0 Å². The summed E-state index contributed by atoms with van der Waals surface area (Å²) in [6.45, 7) is 2.09. The predicted molar refractivity (Wildman–Crippen MR) is 64.7 cm³/mol. The summed E-state index contributed by atoms with van der Waals surface area (Å²) >= 11 is 0. The van der Waals surface area contributed by atoms with Crippen molar-refractivity contribution in [2.45, 2.75) is 32.2 Å². The second kappa shape index (κ2) is 4.78. The van der Waals surface area contributed by atoms with Crippen LogP contribution in [-0.2, 0) is 16.3 Å². The molecule has 1 saturated heterocycles. The van der Waals surface area contributed by atoms with Gasteiger partial charge in [0.25, 0.3) is 0 Å². The minimum absolute atomic E-state index is 0.117. The molecule has 6 heteroatoms. The van der Waals surface area contributed by atoms with E-state index in [1.54, 1.807) is 6.20 Å². The molecule has 0 aromatic carbocycles. The summed E-state index contributed by atoms with van der Waals surface area (Å²) in [5, 5.41) is 13.2. The van der Waals surface area contributed by atoms with Crippen molar-refractivity contribution >= 4 is 9.84 Å². The molecule has 0 aliphatic carbocycles. The summed E-state index contributed by atoms with van der Waals surface area (Å²) in [7, 11) is -2.82. The fourth-order valence-electron chi connectivity index (χ4n) is 2.32. The highest BCUT2D eigenvalue weighted by molar-refractivity contribution is 7.91. The SMILES string of the molecule is Cc1c(CCO)cnn1C1CCS(=O)(=O)CC1. The molecule has 0 unspecified atom stereocenters. The second-order valence-electron chi connectivity index (χ2n) is 4.56. The van der Waals surface area contributed by atoms with Gasteiger partial charge < -0.3 is 5.11 Å². The van der Waals surface area contributed by atoms with Gasteiger partial charge in [0.1, 0.15) is 9.84 Å². The van der Waals surface area contributed by atoms with Gasteiger partial charge in [0, 0.05) is 12.3 Å². The summed E-state index contributed by atoms with van der Waals surface area (Å²) < 4.78 is 24.6. The van der Waals surface area contributed by atoms with Crippen LogP contribution in [0.3, 0.4) is 0 Å². The third kappa shape index (κ3) is 2.69. The maximum atomic E-state index is 11.4. The van der Waals surface area contributed by atoms with Crippen LogP contribution in [0.4, 0.5) is 0 Å². The molecule has 96 valence electrons. The zero-order valence-corrected chi connectivity index (χ0v) is 10.8. The van der Waals surface area contributed by atoms with Crippen LogP contribution in [0.25, 0.3) is 0 Å². The Morgan fingerprint density at radius 1 is 1.47 bits per heavy atom. The molecule has 0 atom stereocenters. The molecular formula is C11H18N2O3S. The number of aromatic nitrogens is 2. The maximum absolute atomic E-state index is 11.4. The molecule has 0 radical (unpaired) electrons. The van der Waals surface area contributed by atoms with E-state index in [-0.39, 0.29) is 24.2 Å². The van der Waals surface area contributed by atoms with E-state index in [0.29, 0.717) is 19.3 Å². The number of hydrogen-bond acceptors (Lipinski definition) is 4. The molecule has 0 saturated carbocycles. The Balaban J connectivity index is 2.13. The molecule has 1 aliphatic heterocycles. The number of hydrogen-bond donors (Lipinski definition) is 1. The van der Waals surface area contributed by atoms with E-state index in [0.717, 1.165) is 11.3 Å². The molecule has 2 heterocycles. The van der Waals surface area contributed by atoms with Crippen molar-refractivity contribution < 1.29 is 13.5 Å². The summed E-state index contributed by atoms with van der Waals surface area (Å²) in [6.07, 6.45) is 3.67. The fourth-order valence-corrected chi connectivity index (χ4v) is 3.78. The van der Waals surface area contributed by atoms with Gasteiger partial charge in [-0.3, -0.25) is 4.68 Å². The lowest BCUT2D eigenvalue weighted by Gasteiger charge is -2.23. The lowest BCUT2D eigenvalue weighted by Crippen LogP contribution is -2.26. The molecule has 1 N–H and O–H groups in total. The maximum Gasteiger partial charge on any atom is 0.150 e. The van der Waals surface area contributed by atoms with Crippen LogP contribution in [0.5, 0.6) is 0 Å². The molecule has 1 aromatic heterocycles. The lowest BCUT2D eigenvalue weighted by atomic mass is 10.1. The number of aliphatic hydroxyl groups is 1. The Bertz CT molecular complexity index is 479. The Hall–Kier alpha value is -0.880. The van der Waals surface area contributed by atoms with Crippen LogP contribution in [0, 0.1) is 6.92 Å². The van der Waals surface area contributed by atoms with Gasteiger partial charge in [0.2, 0.25) is 0 Å². The molecule has 5 nitrogen and oxygen atoms in total. The van der Waals surface area contributed by atoms with E-state index in [1.165, 1.54) is 0 Å². The Morgan fingerprint density at radius 3 is 2.71 bits per heavy atom. The van der Waals surface area contributed by atoms with Gasteiger partial charge in [-0.05, 0) is 31.7 Å². The van der Waals surface area contributed by atoms with Crippen molar-refractivity contribution in [1.29, 1.82) is 0 Å². The van der Waals surface area contributed by atoms with E-state index >= 15 is 0 Å². The third-order valence-corrected chi connectivity index (χ3v) is 5.11. The van der Waals surface area contributed by atoms with Crippen LogP contribution >= 0.6 is 0 Å². The average Bonchev–Trinajstić information content (AvgIpc) is 2.62. The molecule has 1 aromatic rings. The lowest BCUT2D eigenvalue weighted by molar-refractivity contribution is 0.299. The zero-order valence-electron chi connectivity index (χ0n) is 9.96. The summed E-state index contributed by atoms with van der Waals surface area (Å²) in [6, 6.07) is 0.186. The first-order valence-corrected chi connectivity index (χ1v) is 7.70. The average molecular weight is 258 g/mol. The second-order valence-corrected chi connectivity index (χ2v) is 6.86. The molecule has 0 amide bonds. The molecule has 0 spiro atoms. The highest BCUT2D eigenvalue weighted by Gasteiger charge is 2.26. The molecule has 1 aliphatic rings. The van der Waals surface area contributed by atoms with E-state index in [1.807, 2.05) is 11.6 Å². The highest BCUT2D eigenvalue weighted by Crippen LogP contribution is 2.25. The number of rotatable bonds is 3. The number of nitrogens with zero attached hydrogens (tertiary/aromatic N) is 2. The first kappa shape index (κ1) is 12.6. The zero-order chi connectivity index (χ0) is 12.5. The van der Waals surface area contributed by atoms with Gasteiger partial charge in [-0.2, -0.15) is 5.10 Å². The van der Waals surface area contributed by atoms with Crippen molar-refractivity contribution in [3.63, 3.8) is 0 Å². The van der Waals surface area contributed by atoms with Gasteiger partial charge in [0.05, 0.1) is 23.7 Å². The third-order valence-electron chi connectivity index (χ3n) is 3.40. The van der Waals surface area contributed by atoms with E-state index < -0.39 is 9.84 Å². The molecule has 17 heavy (non-hydrogen) atoms. The van der Waals surface area contributed by atoms with Gasteiger partial charge in [0.15, 0.2) is 0 Å². The summed E-state index contributed by atoms with van der Waals surface area (Å²) in [5.41, 5.74) is 2.09. The van der Waals surface area contributed by atoms with E-state index in [2.05, 4.69) is 5.10 Å². The van der Waals surface area contributed by atoms with Gasteiger partial charge in [-0.15, -0.1) is 0 Å². The first-order valence-electron chi connectivity index (χ1n) is 5.88. The topological polar surface area (TPSA) is 72.2 Å². The van der Waals surface area contributed by atoms with E-state index in [9.17, 15) is 8.42 Å². The van der Waals surface area contributed by atoms with E-state index in [4.69, 9.17) is 5.11 Å². The summed E-state index contributed by atoms with van der Waals surface area (Å²) in [4.78, 5) is 0. The van der Waals surface area contributed by atoms with Crippen molar-refractivity contribution in [3.05, 3.63) is 17.5 Å². The Morgan fingerprint density at radius 2 is 2.12 bits per heavy atom. The van der Waals surface area contributed by atoms with Crippen LogP contribution in [-0.4, -0.2) is 41.4 Å². The van der Waals surface area contributed by atoms with Crippen molar-refractivity contribution in [2.75, 3.05) is 18.1 Å². The fraction of sp³-hybridized carbons (Fsp3) is 0.727. The Labute approximate surface area is 101 Å². The number of aliphatic hydroxyl groups excluding tert-OH is 1. The standard InChI is InChI=1S/C11H18N2O3S/c1-9-10(2-5-14)8-12-13(9)11-3-6-17(15,16)7-4-11/h8,11,14H,2-7H2,1H3. The van der Waals surface area contributed by atoms with Gasteiger partial charge >= 0.3 is 0 Å². The molecule has 1 fully saturated rings. The van der Waals surface area contributed by atoms with Crippen molar-refractivity contribution in [2.24, 2.45) is 0 Å². The van der Waals surface area contributed by atoms with Gasteiger partial charge in [-0.25, -0.2) is 8.42 Å². The summed E-state index contributed by atoms with van der Waals surface area (Å²) in [5.74, 6) is 0.512. The molecule has 0 bridgehead atoms. The number of sulfone groups is 1. The first-order chi connectivity index (χ1) is 8.03. The minimum atomic E-state index is -2.82. The predicted octanol–water partition coefficient (Wildman–Crippen LogP) is 0.476. The Kier molecular flexibility index (Phi) is 3.53. The minimum Gasteiger partial charge on any atom is -0.396 e. The molecule has 2 rings (SSSR count). The smallest absolute Gasteiger partial charge is 0.150 e. The largest absolute Gasteiger partial charge is 0.396 e. The monoisotopic (exact) mass is 258 g/mol. The van der Waals surface area contributed by atoms with Crippen molar-refractivity contribution in [1.82, 2.24) is 9.78 Å². The van der Waals surface area contributed by atoms with Crippen molar-refractivity contribution in [3.8, 4) is 0 Å². The highest BCUT2D eigenvalue weighted by atomic mass is 32.2. The van der Waals surface area contributed by atoms with Crippen LogP contribution < -0.4 is 0 Å². The van der Waals surface area contributed by atoms with Gasteiger partial charge in [-0.1, -0.05) is 0 Å². The normalized spacial score (nSPS) is 20.6.